The number of nitrogens with zero attached hydrogens (tertiary/aromatic N) is 1. The molecule has 0 unspecified atom stereocenters. The molecule has 27 heavy (non-hydrogen) atoms. The van der Waals surface area contributed by atoms with Gasteiger partial charge in [0.2, 0.25) is 0 Å². The van der Waals surface area contributed by atoms with Crippen molar-refractivity contribution in [2.45, 2.75) is 18.6 Å². The van der Waals surface area contributed by atoms with Crippen LogP contribution in [-0.4, -0.2) is 30.2 Å². The second-order valence-electron chi connectivity index (χ2n) is 7.65. The van der Waals surface area contributed by atoms with E-state index in [0.717, 1.165) is 28.7 Å². The molecule has 1 N–H and O–H groups in total. The standard InChI is InChI=1S/C24H28NO.ClH/c1-25(2,20-21-12-6-3-7-13-21)19-18-24(26,22-14-8-4-9-15-22)23-16-10-5-11-17-23;/h3-17,26H,18-20H2,1-2H3;1H/q+1;/p-1. The Morgan fingerprint density at radius 2 is 1.11 bits per heavy atom. The van der Waals surface area contributed by atoms with E-state index in [4.69, 9.17) is 0 Å². The first-order chi connectivity index (χ1) is 12.5. The van der Waals surface area contributed by atoms with Gasteiger partial charge in [-0.15, -0.1) is 0 Å². The fourth-order valence-electron chi connectivity index (χ4n) is 3.50. The van der Waals surface area contributed by atoms with Crippen molar-refractivity contribution in [1.82, 2.24) is 0 Å². The summed E-state index contributed by atoms with van der Waals surface area (Å²) in [4.78, 5) is 0. The zero-order valence-corrected chi connectivity index (χ0v) is 16.8. The minimum atomic E-state index is -0.977. The van der Waals surface area contributed by atoms with E-state index in [-0.39, 0.29) is 12.4 Å². The van der Waals surface area contributed by atoms with Gasteiger partial charge in [-0.3, -0.25) is 0 Å². The quantitative estimate of drug-likeness (QED) is 0.616. The maximum absolute atomic E-state index is 11.7. The zero-order chi connectivity index (χ0) is 18.5. The fourth-order valence-corrected chi connectivity index (χ4v) is 3.50. The Morgan fingerprint density at radius 1 is 0.704 bits per heavy atom. The maximum Gasteiger partial charge on any atom is 0.120 e. The van der Waals surface area contributed by atoms with Gasteiger partial charge in [-0.25, -0.2) is 0 Å². The highest BCUT2D eigenvalue weighted by Crippen LogP contribution is 2.33. The second kappa shape index (κ2) is 9.18. The first-order valence-electron chi connectivity index (χ1n) is 9.19. The predicted molar refractivity (Wildman–Crippen MR) is 108 cm³/mol. The lowest BCUT2D eigenvalue weighted by molar-refractivity contribution is -0.904. The van der Waals surface area contributed by atoms with Crippen LogP contribution >= 0.6 is 0 Å². The van der Waals surface area contributed by atoms with Crippen molar-refractivity contribution in [3.05, 3.63) is 108 Å². The van der Waals surface area contributed by atoms with Gasteiger partial charge in [0, 0.05) is 12.0 Å². The lowest BCUT2D eigenvalue weighted by atomic mass is 9.83. The number of hydrogen-bond acceptors (Lipinski definition) is 1. The Morgan fingerprint density at radius 3 is 1.56 bits per heavy atom. The van der Waals surface area contributed by atoms with Crippen molar-refractivity contribution in [3.63, 3.8) is 0 Å². The molecule has 0 spiro atoms. The highest BCUT2D eigenvalue weighted by molar-refractivity contribution is 5.35. The van der Waals surface area contributed by atoms with E-state index in [9.17, 15) is 5.11 Å². The topological polar surface area (TPSA) is 20.2 Å². The summed E-state index contributed by atoms with van der Waals surface area (Å²) in [6.07, 6.45) is 0.668. The van der Waals surface area contributed by atoms with Crippen LogP contribution in [0.15, 0.2) is 91.0 Å². The van der Waals surface area contributed by atoms with Crippen molar-refractivity contribution in [3.8, 4) is 0 Å². The van der Waals surface area contributed by atoms with Crippen LogP contribution in [0.3, 0.4) is 0 Å². The van der Waals surface area contributed by atoms with Crippen molar-refractivity contribution in [2.24, 2.45) is 0 Å². The molecule has 0 saturated carbocycles. The zero-order valence-electron chi connectivity index (χ0n) is 16.1. The van der Waals surface area contributed by atoms with Crippen LogP contribution in [-0.2, 0) is 12.1 Å². The van der Waals surface area contributed by atoms with Gasteiger partial charge >= 0.3 is 0 Å². The summed E-state index contributed by atoms with van der Waals surface area (Å²) in [5.74, 6) is 0. The smallest absolute Gasteiger partial charge is 0.120 e. The van der Waals surface area contributed by atoms with Crippen molar-refractivity contribution in [1.29, 1.82) is 0 Å². The second-order valence-corrected chi connectivity index (χ2v) is 7.65. The SMILES string of the molecule is C[N+](C)(CCC(O)(c1ccccc1)c1ccccc1)Cc1ccccc1.[Cl-]. The van der Waals surface area contributed by atoms with Crippen LogP contribution in [0.5, 0.6) is 0 Å². The third-order valence-corrected chi connectivity index (χ3v) is 5.04. The molecular formula is C24H28ClNO. The van der Waals surface area contributed by atoms with Crippen LogP contribution in [0.25, 0.3) is 0 Å². The molecule has 0 amide bonds. The lowest BCUT2D eigenvalue weighted by Gasteiger charge is -2.35. The molecule has 0 heterocycles. The molecule has 0 aromatic heterocycles. The van der Waals surface area contributed by atoms with Crippen molar-refractivity contribution in [2.75, 3.05) is 20.6 Å². The molecule has 0 saturated heterocycles. The number of hydrogen-bond donors (Lipinski definition) is 1. The molecule has 0 aliphatic rings. The molecule has 3 aromatic carbocycles. The van der Waals surface area contributed by atoms with E-state index in [1.54, 1.807) is 0 Å². The van der Waals surface area contributed by atoms with Gasteiger partial charge in [-0.05, 0) is 11.1 Å². The third-order valence-electron chi connectivity index (χ3n) is 5.04. The molecule has 2 nitrogen and oxygen atoms in total. The number of quaternary nitrogens is 1. The van der Waals surface area contributed by atoms with Gasteiger partial charge in [-0.2, -0.15) is 0 Å². The first-order valence-corrected chi connectivity index (χ1v) is 9.19. The van der Waals surface area contributed by atoms with E-state index < -0.39 is 5.60 Å². The van der Waals surface area contributed by atoms with Gasteiger partial charge in [-0.1, -0.05) is 91.0 Å². The highest BCUT2D eigenvalue weighted by atomic mass is 35.5. The van der Waals surface area contributed by atoms with E-state index in [0.29, 0.717) is 6.42 Å². The van der Waals surface area contributed by atoms with E-state index in [1.807, 2.05) is 66.7 Å². The molecule has 0 bridgehead atoms. The molecule has 0 fully saturated rings. The minimum Gasteiger partial charge on any atom is -1.00 e. The molecule has 0 radical (unpaired) electrons. The Kier molecular flexibility index (Phi) is 7.20. The van der Waals surface area contributed by atoms with Gasteiger partial charge in [0.1, 0.15) is 12.1 Å². The summed E-state index contributed by atoms with van der Waals surface area (Å²) in [6, 6.07) is 30.6. The van der Waals surface area contributed by atoms with Gasteiger partial charge < -0.3 is 22.0 Å². The molecule has 3 rings (SSSR count). The largest absolute Gasteiger partial charge is 1.00 e. The number of rotatable bonds is 7. The first kappa shape index (κ1) is 21.2. The van der Waals surface area contributed by atoms with E-state index in [1.165, 1.54) is 5.56 Å². The summed E-state index contributed by atoms with van der Waals surface area (Å²) in [5.41, 5.74) is 2.24. The summed E-state index contributed by atoms with van der Waals surface area (Å²) in [6.45, 7) is 1.82. The Bertz CT molecular complexity index is 764. The van der Waals surface area contributed by atoms with Gasteiger partial charge in [0.25, 0.3) is 0 Å². The van der Waals surface area contributed by atoms with Crippen molar-refractivity contribution < 1.29 is 22.0 Å². The summed E-state index contributed by atoms with van der Waals surface area (Å²) in [5, 5.41) is 11.7. The Hall–Kier alpha value is -2.13. The molecule has 0 aliphatic heterocycles. The third kappa shape index (κ3) is 5.43. The molecule has 3 aromatic rings. The minimum absolute atomic E-state index is 0. The number of aliphatic hydroxyl groups is 1. The average Bonchev–Trinajstić information content (AvgIpc) is 2.68. The summed E-state index contributed by atoms with van der Waals surface area (Å²) in [7, 11) is 4.45. The average molecular weight is 382 g/mol. The van der Waals surface area contributed by atoms with E-state index in [2.05, 4.69) is 38.4 Å². The van der Waals surface area contributed by atoms with Crippen LogP contribution in [0, 0.1) is 0 Å². The molecule has 0 aliphatic carbocycles. The van der Waals surface area contributed by atoms with Crippen molar-refractivity contribution >= 4 is 0 Å². The molecule has 142 valence electrons. The van der Waals surface area contributed by atoms with Crippen LogP contribution in [0.4, 0.5) is 0 Å². The summed E-state index contributed by atoms with van der Waals surface area (Å²) >= 11 is 0. The van der Waals surface area contributed by atoms with Crippen LogP contribution in [0.1, 0.15) is 23.1 Å². The Labute approximate surface area is 169 Å². The normalized spacial score (nSPS) is 11.7. The maximum atomic E-state index is 11.7. The number of benzene rings is 3. The van der Waals surface area contributed by atoms with Crippen LogP contribution < -0.4 is 12.4 Å². The lowest BCUT2D eigenvalue weighted by Crippen LogP contribution is -3.00. The Balaban J connectivity index is 0.00000261. The van der Waals surface area contributed by atoms with E-state index >= 15 is 0 Å². The molecule has 0 atom stereocenters. The monoisotopic (exact) mass is 381 g/mol. The summed E-state index contributed by atoms with van der Waals surface area (Å²) < 4.78 is 0.825. The fraction of sp³-hybridized carbons (Fsp3) is 0.250. The predicted octanol–water partition coefficient (Wildman–Crippen LogP) is 1.59. The molecule has 3 heteroatoms. The molecular weight excluding hydrogens is 354 g/mol. The van der Waals surface area contributed by atoms with Gasteiger partial charge in [0.05, 0.1) is 20.6 Å². The van der Waals surface area contributed by atoms with Gasteiger partial charge in [0.15, 0.2) is 0 Å². The number of halogens is 1. The highest BCUT2D eigenvalue weighted by Gasteiger charge is 2.34. The van der Waals surface area contributed by atoms with Crippen LogP contribution in [0.2, 0.25) is 0 Å².